The average molecular weight is 327 g/mol. The van der Waals surface area contributed by atoms with Gasteiger partial charge in [-0.25, -0.2) is 9.07 Å². The van der Waals surface area contributed by atoms with Gasteiger partial charge in [0.1, 0.15) is 12.1 Å². The lowest BCUT2D eigenvalue weighted by molar-refractivity contribution is -0.118. The van der Waals surface area contributed by atoms with E-state index >= 15 is 0 Å². The first-order valence-electron chi connectivity index (χ1n) is 7.19. The fraction of sp³-hybridized carbons (Fsp3) is 0.125. The van der Waals surface area contributed by atoms with Gasteiger partial charge < -0.3 is 10.4 Å². The van der Waals surface area contributed by atoms with Gasteiger partial charge in [0.05, 0.1) is 23.9 Å². The van der Waals surface area contributed by atoms with Gasteiger partial charge in [-0.3, -0.25) is 4.79 Å². The molecule has 0 aliphatic carbocycles. The molecule has 0 fully saturated rings. The highest BCUT2D eigenvalue weighted by Gasteiger charge is 2.15. The van der Waals surface area contributed by atoms with Gasteiger partial charge in [-0.1, -0.05) is 30.3 Å². The molecule has 0 saturated carbocycles. The molecular weight excluding hydrogens is 313 g/mol. The molecule has 3 rings (SSSR count). The maximum absolute atomic E-state index is 13.9. The number of rotatable bonds is 5. The van der Waals surface area contributed by atoms with Crippen LogP contribution in [0.25, 0.3) is 5.69 Å². The zero-order valence-electron chi connectivity index (χ0n) is 12.5. The maximum Gasteiger partial charge on any atom is 0.227 e. The monoisotopic (exact) mass is 327 g/mol. The van der Waals surface area contributed by atoms with Crippen molar-refractivity contribution in [2.45, 2.75) is 12.5 Å². The number of carbonyl (C=O) groups is 1. The predicted molar refractivity (Wildman–Crippen MR) is 83.8 cm³/mol. The number of hydrogen-bond donors (Lipinski definition) is 2. The number of halogens is 1. The van der Waals surface area contributed by atoms with Crippen molar-refractivity contribution in [3.05, 3.63) is 66.2 Å². The first-order valence-corrected chi connectivity index (χ1v) is 7.19. The molecule has 1 atom stereocenters. The van der Waals surface area contributed by atoms with Gasteiger partial charge in [0.15, 0.2) is 0 Å². The molecule has 0 spiro atoms. The van der Waals surface area contributed by atoms with Crippen molar-refractivity contribution in [1.29, 1.82) is 0 Å². The van der Waals surface area contributed by atoms with E-state index in [2.05, 4.69) is 20.8 Å². The second-order valence-corrected chi connectivity index (χ2v) is 5.10. The van der Waals surface area contributed by atoms with E-state index in [0.717, 1.165) is 0 Å². The number of aromatic nitrogens is 4. The Bertz CT molecular complexity index is 824. The van der Waals surface area contributed by atoms with Crippen LogP contribution in [0.3, 0.4) is 0 Å². The average Bonchev–Trinajstić information content (AvgIpc) is 3.12. The third-order valence-electron chi connectivity index (χ3n) is 3.40. The van der Waals surface area contributed by atoms with E-state index in [1.165, 1.54) is 29.2 Å². The number of aliphatic hydroxyl groups excluding tert-OH is 1. The highest BCUT2D eigenvalue weighted by molar-refractivity contribution is 5.91. The number of amides is 1. The molecular formula is C16H14FN5O2. The molecule has 122 valence electrons. The predicted octanol–water partition coefficient (Wildman–Crippen LogP) is 1.86. The Morgan fingerprint density at radius 1 is 1.25 bits per heavy atom. The van der Waals surface area contributed by atoms with Crippen LogP contribution in [0.2, 0.25) is 0 Å². The van der Waals surface area contributed by atoms with Crippen molar-refractivity contribution >= 4 is 11.6 Å². The van der Waals surface area contributed by atoms with Gasteiger partial charge in [0, 0.05) is 0 Å². The van der Waals surface area contributed by atoms with Crippen LogP contribution >= 0.6 is 0 Å². The molecule has 3 aromatic rings. The van der Waals surface area contributed by atoms with Crippen molar-refractivity contribution < 1.29 is 14.3 Å². The zero-order chi connectivity index (χ0) is 16.9. The van der Waals surface area contributed by atoms with E-state index < -0.39 is 17.8 Å². The SMILES string of the molecule is O=C(CC(O)c1ccccc1)Nc1cc(-n2cnnn2)ccc1F. The molecule has 1 heterocycles. The smallest absolute Gasteiger partial charge is 0.227 e. The van der Waals surface area contributed by atoms with E-state index in [-0.39, 0.29) is 12.1 Å². The summed E-state index contributed by atoms with van der Waals surface area (Å²) >= 11 is 0. The lowest BCUT2D eigenvalue weighted by Crippen LogP contribution is -2.16. The number of anilines is 1. The molecule has 2 aromatic carbocycles. The van der Waals surface area contributed by atoms with Crippen LogP contribution in [-0.2, 0) is 4.79 Å². The standard InChI is InChI=1S/C16H14FN5O2/c17-13-7-6-12(22-10-18-20-21-22)8-14(13)19-16(24)9-15(23)11-4-2-1-3-5-11/h1-8,10,15,23H,9H2,(H,19,24). The van der Waals surface area contributed by atoms with E-state index in [9.17, 15) is 14.3 Å². The lowest BCUT2D eigenvalue weighted by atomic mass is 10.1. The summed E-state index contributed by atoms with van der Waals surface area (Å²) < 4.78 is 15.2. The van der Waals surface area contributed by atoms with Crippen LogP contribution in [0.1, 0.15) is 18.1 Å². The number of carbonyl (C=O) groups excluding carboxylic acids is 1. The van der Waals surface area contributed by atoms with Crippen LogP contribution in [0.4, 0.5) is 10.1 Å². The highest BCUT2D eigenvalue weighted by atomic mass is 19.1. The van der Waals surface area contributed by atoms with Crippen LogP contribution in [0.15, 0.2) is 54.9 Å². The van der Waals surface area contributed by atoms with Crippen LogP contribution < -0.4 is 5.32 Å². The number of nitrogens with one attached hydrogen (secondary N) is 1. The molecule has 1 unspecified atom stereocenters. The third kappa shape index (κ3) is 3.61. The van der Waals surface area contributed by atoms with Crippen molar-refractivity contribution in [3.63, 3.8) is 0 Å². The maximum atomic E-state index is 13.9. The van der Waals surface area contributed by atoms with Crippen LogP contribution in [0.5, 0.6) is 0 Å². The second-order valence-electron chi connectivity index (χ2n) is 5.10. The molecule has 0 aliphatic heterocycles. The molecule has 1 amide bonds. The largest absolute Gasteiger partial charge is 0.388 e. The van der Waals surface area contributed by atoms with Gasteiger partial charge >= 0.3 is 0 Å². The van der Waals surface area contributed by atoms with E-state index in [1.54, 1.807) is 24.3 Å². The van der Waals surface area contributed by atoms with Crippen molar-refractivity contribution in [3.8, 4) is 5.69 Å². The Kier molecular flexibility index (Phi) is 4.57. The minimum Gasteiger partial charge on any atom is -0.388 e. The third-order valence-corrected chi connectivity index (χ3v) is 3.40. The topological polar surface area (TPSA) is 92.9 Å². The molecule has 0 bridgehead atoms. The Labute approximate surface area is 136 Å². The molecule has 2 N–H and O–H groups in total. The van der Waals surface area contributed by atoms with Gasteiger partial charge in [0.25, 0.3) is 0 Å². The van der Waals surface area contributed by atoms with Gasteiger partial charge in [-0.15, -0.1) is 5.10 Å². The summed E-state index contributed by atoms with van der Waals surface area (Å²) in [4.78, 5) is 12.1. The van der Waals surface area contributed by atoms with Crippen molar-refractivity contribution in [2.75, 3.05) is 5.32 Å². The molecule has 7 nitrogen and oxygen atoms in total. The van der Waals surface area contributed by atoms with E-state index in [0.29, 0.717) is 11.3 Å². The van der Waals surface area contributed by atoms with Gasteiger partial charge in [-0.05, 0) is 34.2 Å². The number of tetrazole rings is 1. The normalized spacial score (nSPS) is 11.9. The molecule has 1 aromatic heterocycles. The molecule has 0 aliphatic rings. The summed E-state index contributed by atoms with van der Waals surface area (Å²) in [7, 11) is 0. The zero-order valence-corrected chi connectivity index (χ0v) is 12.5. The molecule has 8 heteroatoms. The number of hydrogen-bond acceptors (Lipinski definition) is 5. The highest BCUT2D eigenvalue weighted by Crippen LogP contribution is 2.21. The summed E-state index contributed by atoms with van der Waals surface area (Å²) in [6.07, 6.45) is 0.216. The molecule has 0 saturated heterocycles. The van der Waals surface area contributed by atoms with E-state index in [1.807, 2.05) is 6.07 Å². The van der Waals surface area contributed by atoms with Crippen LogP contribution in [0, 0.1) is 5.82 Å². The first kappa shape index (κ1) is 15.8. The Hall–Kier alpha value is -3.13. The quantitative estimate of drug-likeness (QED) is 0.746. The number of benzene rings is 2. The number of aliphatic hydroxyl groups is 1. The summed E-state index contributed by atoms with van der Waals surface area (Å²) in [5, 5.41) is 23.2. The Morgan fingerprint density at radius 3 is 2.75 bits per heavy atom. The summed E-state index contributed by atoms with van der Waals surface area (Å²) in [5.41, 5.74) is 1.11. The fourth-order valence-corrected chi connectivity index (χ4v) is 2.20. The number of nitrogens with zero attached hydrogens (tertiary/aromatic N) is 4. The summed E-state index contributed by atoms with van der Waals surface area (Å²) in [5.74, 6) is -1.09. The minimum atomic E-state index is -0.961. The molecule has 0 radical (unpaired) electrons. The van der Waals surface area contributed by atoms with Crippen molar-refractivity contribution in [1.82, 2.24) is 20.2 Å². The van der Waals surface area contributed by atoms with Crippen LogP contribution in [-0.4, -0.2) is 31.2 Å². The first-order chi connectivity index (χ1) is 11.6. The molecule has 24 heavy (non-hydrogen) atoms. The second kappa shape index (κ2) is 6.97. The Morgan fingerprint density at radius 2 is 2.04 bits per heavy atom. The Balaban J connectivity index is 1.71. The van der Waals surface area contributed by atoms with Gasteiger partial charge in [-0.2, -0.15) is 0 Å². The van der Waals surface area contributed by atoms with Gasteiger partial charge in [0.2, 0.25) is 5.91 Å². The lowest BCUT2D eigenvalue weighted by Gasteiger charge is -2.12. The fourth-order valence-electron chi connectivity index (χ4n) is 2.20. The van der Waals surface area contributed by atoms with Crippen molar-refractivity contribution in [2.24, 2.45) is 0 Å². The summed E-state index contributed by atoms with van der Waals surface area (Å²) in [6.45, 7) is 0. The summed E-state index contributed by atoms with van der Waals surface area (Å²) in [6, 6.07) is 12.9. The minimum absolute atomic E-state index is 0.00624. The van der Waals surface area contributed by atoms with E-state index in [4.69, 9.17) is 0 Å².